The summed E-state index contributed by atoms with van der Waals surface area (Å²) in [5.74, 6) is 0.601. The summed E-state index contributed by atoms with van der Waals surface area (Å²) in [6.07, 6.45) is 0. The molecule has 0 saturated heterocycles. The van der Waals surface area contributed by atoms with E-state index in [1.54, 1.807) is 48.5 Å². The number of hydrogen-bond donors (Lipinski definition) is 2. The molecule has 0 fully saturated rings. The van der Waals surface area contributed by atoms with E-state index >= 15 is 0 Å². The summed E-state index contributed by atoms with van der Waals surface area (Å²) in [6.45, 7) is -0.133. The lowest BCUT2D eigenvalue weighted by Crippen LogP contribution is -2.21. The molecule has 0 aliphatic carbocycles. The van der Waals surface area contributed by atoms with Crippen LogP contribution in [0.15, 0.2) is 66.7 Å². The monoisotopic (exact) mass is 378 g/mol. The lowest BCUT2D eigenvalue weighted by Gasteiger charge is -2.08. The smallest absolute Gasteiger partial charge is 0.337 e. The standard InChI is InChI=1S/C20H18N4O4/c1-27-20(26)14-6-5-7-15(12-14)21-17-10-11-18(24-23-17)22-19(25)13-28-16-8-3-2-4-9-16/h2-12H,13H2,1H3,(H,21,23)(H,22,24,25). The van der Waals surface area contributed by atoms with Crippen LogP contribution in [0.2, 0.25) is 0 Å². The Morgan fingerprint density at radius 3 is 2.39 bits per heavy atom. The first-order valence-corrected chi connectivity index (χ1v) is 8.41. The van der Waals surface area contributed by atoms with E-state index in [1.165, 1.54) is 7.11 Å². The molecule has 2 aromatic carbocycles. The maximum absolute atomic E-state index is 11.9. The van der Waals surface area contributed by atoms with Gasteiger partial charge in [-0.1, -0.05) is 24.3 Å². The fourth-order valence-electron chi connectivity index (χ4n) is 2.30. The Hall–Kier alpha value is -3.94. The molecule has 0 bridgehead atoms. The van der Waals surface area contributed by atoms with E-state index in [2.05, 4.69) is 20.8 Å². The van der Waals surface area contributed by atoms with E-state index in [0.717, 1.165) is 0 Å². The normalized spacial score (nSPS) is 10.0. The Morgan fingerprint density at radius 2 is 1.68 bits per heavy atom. The fourth-order valence-corrected chi connectivity index (χ4v) is 2.30. The van der Waals surface area contributed by atoms with E-state index in [0.29, 0.717) is 28.6 Å². The number of methoxy groups -OCH3 is 1. The summed E-state index contributed by atoms with van der Waals surface area (Å²) in [5, 5.41) is 13.6. The van der Waals surface area contributed by atoms with Crippen molar-refractivity contribution in [3.05, 3.63) is 72.3 Å². The minimum Gasteiger partial charge on any atom is -0.484 e. The second-order valence-electron chi connectivity index (χ2n) is 5.65. The van der Waals surface area contributed by atoms with Crippen LogP contribution in [0.4, 0.5) is 17.3 Å². The fraction of sp³-hybridized carbons (Fsp3) is 0.100. The molecule has 1 heterocycles. The third-order valence-corrected chi connectivity index (χ3v) is 3.60. The Bertz CT molecular complexity index is 946. The van der Waals surface area contributed by atoms with Gasteiger partial charge >= 0.3 is 5.97 Å². The Kier molecular flexibility index (Phi) is 6.14. The molecular formula is C20H18N4O4. The summed E-state index contributed by atoms with van der Waals surface area (Å²) in [6, 6.07) is 19.1. The maximum atomic E-state index is 11.9. The van der Waals surface area contributed by atoms with Crippen molar-refractivity contribution in [2.45, 2.75) is 0 Å². The van der Waals surface area contributed by atoms with E-state index in [4.69, 9.17) is 9.47 Å². The first kappa shape index (κ1) is 18.8. The van der Waals surface area contributed by atoms with Crippen LogP contribution in [0.1, 0.15) is 10.4 Å². The van der Waals surface area contributed by atoms with Crippen LogP contribution in [0, 0.1) is 0 Å². The number of amides is 1. The van der Waals surface area contributed by atoms with Gasteiger partial charge in [-0.2, -0.15) is 0 Å². The number of nitrogens with zero attached hydrogens (tertiary/aromatic N) is 2. The van der Waals surface area contributed by atoms with Crippen LogP contribution in [-0.2, 0) is 9.53 Å². The van der Waals surface area contributed by atoms with Crippen molar-refractivity contribution >= 4 is 29.2 Å². The molecule has 142 valence electrons. The molecular weight excluding hydrogens is 360 g/mol. The van der Waals surface area contributed by atoms with Crippen molar-refractivity contribution in [2.75, 3.05) is 24.4 Å². The predicted octanol–water partition coefficient (Wildman–Crippen LogP) is 3.02. The van der Waals surface area contributed by atoms with Gasteiger partial charge in [-0.25, -0.2) is 4.79 Å². The number of para-hydroxylation sites is 1. The molecule has 0 aliphatic heterocycles. The average molecular weight is 378 g/mol. The Morgan fingerprint density at radius 1 is 0.929 bits per heavy atom. The molecule has 0 atom stereocenters. The zero-order valence-electron chi connectivity index (χ0n) is 15.1. The zero-order valence-corrected chi connectivity index (χ0v) is 15.1. The number of hydrogen-bond acceptors (Lipinski definition) is 7. The van der Waals surface area contributed by atoms with Crippen LogP contribution in [0.3, 0.4) is 0 Å². The predicted molar refractivity (Wildman–Crippen MR) is 104 cm³/mol. The third kappa shape index (κ3) is 5.28. The molecule has 1 amide bonds. The highest BCUT2D eigenvalue weighted by atomic mass is 16.5. The van der Waals surface area contributed by atoms with Gasteiger partial charge in [-0.3, -0.25) is 4.79 Å². The summed E-state index contributed by atoms with van der Waals surface area (Å²) in [4.78, 5) is 23.5. The number of carbonyl (C=O) groups is 2. The van der Waals surface area contributed by atoms with Gasteiger partial charge in [-0.05, 0) is 42.5 Å². The van der Waals surface area contributed by atoms with Gasteiger partial charge in [0.05, 0.1) is 12.7 Å². The third-order valence-electron chi connectivity index (χ3n) is 3.60. The number of nitrogens with one attached hydrogen (secondary N) is 2. The van der Waals surface area contributed by atoms with Crippen molar-refractivity contribution in [2.24, 2.45) is 0 Å². The molecule has 8 nitrogen and oxygen atoms in total. The second kappa shape index (κ2) is 9.13. The van der Waals surface area contributed by atoms with E-state index in [9.17, 15) is 9.59 Å². The van der Waals surface area contributed by atoms with Gasteiger partial charge in [0.1, 0.15) is 5.75 Å². The summed E-state index contributed by atoms with van der Waals surface area (Å²) >= 11 is 0. The number of carbonyl (C=O) groups excluding carboxylic acids is 2. The van der Waals surface area contributed by atoms with Crippen molar-refractivity contribution in [1.29, 1.82) is 0 Å². The van der Waals surface area contributed by atoms with Crippen LogP contribution >= 0.6 is 0 Å². The number of anilines is 3. The summed E-state index contributed by atoms with van der Waals surface area (Å²) in [7, 11) is 1.33. The molecule has 1 aromatic heterocycles. The Labute approximate surface area is 161 Å². The molecule has 8 heteroatoms. The highest BCUT2D eigenvalue weighted by molar-refractivity contribution is 5.91. The highest BCUT2D eigenvalue weighted by Gasteiger charge is 2.08. The number of esters is 1. The number of aromatic nitrogens is 2. The van der Waals surface area contributed by atoms with Crippen LogP contribution in [-0.4, -0.2) is 35.8 Å². The van der Waals surface area contributed by atoms with Gasteiger partial charge in [-0.15, -0.1) is 10.2 Å². The topological polar surface area (TPSA) is 102 Å². The Balaban J connectivity index is 1.55. The molecule has 0 aliphatic rings. The number of rotatable bonds is 7. The van der Waals surface area contributed by atoms with Crippen molar-refractivity contribution in [1.82, 2.24) is 10.2 Å². The van der Waals surface area contributed by atoms with Crippen LogP contribution in [0.25, 0.3) is 0 Å². The van der Waals surface area contributed by atoms with Crippen molar-refractivity contribution in [3.63, 3.8) is 0 Å². The molecule has 0 saturated carbocycles. The van der Waals surface area contributed by atoms with Gasteiger partial charge in [0.2, 0.25) is 0 Å². The molecule has 3 aromatic rings. The first-order chi connectivity index (χ1) is 13.6. The van der Waals surface area contributed by atoms with Crippen LogP contribution < -0.4 is 15.4 Å². The number of benzene rings is 2. The molecule has 0 spiro atoms. The summed E-state index contributed by atoms with van der Waals surface area (Å²) < 4.78 is 10.1. The molecule has 0 radical (unpaired) electrons. The quantitative estimate of drug-likeness (QED) is 0.609. The molecule has 28 heavy (non-hydrogen) atoms. The summed E-state index contributed by atoms with van der Waals surface area (Å²) in [5.41, 5.74) is 1.08. The van der Waals surface area contributed by atoms with Crippen LogP contribution in [0.5, 0.6) is 5.75 Å². The SMILES string of the molecule is COC(=O)c1cccc(Nc2ccc(NC(=O)COc3ccccc3)nn2)c1. The van der Waals surface area contributed by atoms with Crippen molar-refractivity contribution in [3.8, 4) is 5.75 Å². The minimum absolute atomic E-state index is 0.133. The van der Waals surface area contributed by atoms with Gasteiger partial charge in [0.15, 0.2) is 18.2 Å². The van der Waals surface area contributed by atoms with Crippen molar-refractivity contribution < 1.29 is 19.1 Å². The second-order valence-corrected chi connectivity index (χ2v) is 5.65. The first-order valence-electron chi connectivity index (χ1n) is 8.41. The minimum atomic E-state index is -0.425. The zero-order chi connectivity index (χ0) is 19.8. The molecule has 3 rings (SSSR count). The van der Waals surface area contributed by atoms with Gasteiger partial charge < -0.3 is 20.1 Å². The van der Waals surface area contributed by atoms with Gasteiger partial charge in [0, 0.05) is 5.69 Å². The largest absolute Gasteiger partial charge is 0.484 e. The maximum Gasteiger partial charge on any atom is 0.337 e. The lowest BCUT2D eigenvalue weighted by molar-refractivity contribution is -0.118. The van der Waals surface area contributed by atoms with E-state index in [1.807, 2.05) is 18.2 Å². The number of ether oxygens (including phenoxy) is 2. The lowest BCUT2D eigenvalue weighted by atomic mass is 10.2. The molecule has 0 unspecified atom stereocenters. The molecule has 2 N–H and O–H groups in total. The highest BCUT2D eigenvalue weighted by Crippen LogP contribution is 2.17. The van der Waals surface area contributed by atoms with E-state index in [-0.39, 0.29) is 12.5 Å². The van der Waals surface area contributed by atoms with Gasteiger partial charge in [0.25, 0.3) is 5.91 Å². The van der Waals surface area contributed by atoms with E-state index < -0.39 is 5.97 Å². The average Bonchev–Trinajstić information content (AvgIpc) is 2.74.